The molecule has 0 radical (unpaired) electrons. The Morgan fingerprint density at radius 3 is 2.47 bits per heavy atom. The summed E-state index contributed by atoms with van der Waals surface area (Å²) in [6.07, 6.45) is 6.08. The van der Waals surface area contributed by atoms with Crippen LogP contribution in [-0.2, 0) is 9.84 Å². The smallest absolute Gasteiger partial charge is 0.153 e. The molecule has 3 nitrogen and oxygen atoms in total. The minimum absolute atomic E-state index is 0.179. The molecule has 4 heteroatoms. The number of rotatable bonds is 7. The van der Waals surface area contributed by atoms with Crippen molar-refractivity contribution in [1.82, 2.24) is 0 Å². The molecule has 114 valence electrons. The van der Waals surface area contributed by atoms with Gasteiger partial charge in [0.25, 0.3) is 0 Å². The molecule has 19 heavy (non-hydrogen) atoms. The SMILES string of the molecule is CCCC1CCC(CN)C(S(=O)(=O)CCC(C)C)C1. The largest absolute Gasteiger partial charge is 0.330 e. The Hall–Kier alpha value is -0.0900. The Morgan fingerprint density at radius 2 is 1.95 bits per heavy atom. The van der Waals surface area contributed by atoms with Gasteiger partial charge in [-0.2, -0.15) is 0 Å². The van der Waals surface area contributed by atoms with Gasteiger partial charge >= 0.3 is 0 Å². The Bertz CT molecular complexity index is 351. The highest BCUT2D eigenvalue weighted by Gasteiger charge is 2.37. The second-order valence-corrected chi connectivity index (χ2v) is 8.89. The van der Waals surface area contributed by atoms with Gasteiger partial charge in [-0.3, -0.25) is 0 Å². The summed E-state index contributed by atoms with van der Waals surface area (Å²) < 4.78 is 25.1. The van der Waals surface area contributed by atoms with Crippen LogP contribution >= 0.6 is 0 Å². The Labute approximate surface area is 119 Å². The van der Waals surface area contributed by atoms with Crippen LogP contribution in [0.5, 0.6) is 0 Å². The van der Waals surface area contributed by atoms with Gasteiger partial charge in [0.15, 0.2) is 9.84 Å². The predicted octanol–water partition coefficient (Wildman–Crippen LogP) is 2.99. The standard InChI is InChI=1S/C15H31NO2S/c1-4-5-13-6-7-14(11-16)15(10-13)19(17,18)9-8-12(2)3/h12-15H,4-11,16H2,1-3H3. The van der Waals surface area contributed by atoms with Crippen LogP contribution < -0.4 is 5.73 Å². The second kappa shape index (κ2) is 7.63. The lowest BCUT2D eigenvalue weighted by Crippen LogP contribution is -2.41. The lowest BCUT2D eigenvalue weighted by molar-refractivity contribution is 0.268. The van der Waals surface area contributed by atoms with E-state index in [0.717, 1.165) is 38.5 Å². The van der Waals surface area contributed by atoms with Gasteiger partial charge < -0.3 is 5.73 Å². The summed E-state index contributed by atoms with van der Waals surface area (Å²) in [4.78, 5) is 0. The minimum atomic E-state index is -2.97. The molecular weight excluding hydrogens is 258 g/mol. The lowest BCUT2D eigenvalue weighted by Gasteiger charge is -2.35. The first-order chi connectivity index (χ1) is 8.90. The maximum Gasteiger partial charge on any atom is 0.153 e. The topological polar surface area (TPSA) is 60.2 Å². The van der Waals surface area contributed by atoms with Crippen molar-refractivity contribution in [3.63, 3.8) is 0 Å². The summed E-state index contributed by atoms with van der Waals surface area (Å²) in [6, 6.07) is 0. The van der Waals surface area contributed by atoms with E-state index in [-0.39, 0.29) is 11.2 Å². The Morgan fingerprint density at radius 1 is 1.26 bits per heavy atom. The Balaban J connectivity index is 2.73. The highest BCUT2D eigenvalue weighted by atomic mass is 32.2. The van der Waals surface area contributed by atoms with Crippen molar-refractivity contribution in [2.45, 2.75) is 64.5 Å². The maximum absolute atomic E-state index is 12.6. The third-order valence-corrected chi connectivity index (χ3v) is 6.78. The molecule has 3 atom stereocenters. The van der Waals surface area contributed by atoms with Crippen molar-refractivity contribution >= 4 is 9.84 Å². The molecular formula is C15H31NO2S. The number of nitrogens with two attached hydrogens (primary N) is 1. The summed E-state index contributed by atoms with van der Waals surface area (Å²) in [7, 11) is -2.97. The highest BCUT2D eigenvalue weighted by molar-refractivity contribution is 7.92. The summed E-state index contributed by atoms with van der Waals surface area (Å²) in [5, 5.41) is -0.179. The van der Waals surface area contributed by atoms with E-state index < -0.39 is 9.84 Å². The molecule has 0 bridgehead atoms. The summed E-state index contributed by atoms with van der Waals surface area (Å²) in [5.41, 5.74) is 5.80. The van der Waals surface area contributed by atoms with Crippen LogP contribution in [0.4, 0.5) is 0 Å². The van der Waals surface area contributed by atoms with E-state index >= 15 is 0 Å². The molecule has 0 aromatic carbocycles. The molecule has 0 aliphatic heterocycles. The normalized spacial score (nSPS) is 28.8. The van der Waals surface area contributed by atoms with E-state index in [9.17, 15) is 8.42 Å². The van der Waals surface area contributed by atoms with Crippen LogP contribution in [-0.4, -0.2) is 26.0 Å². The van der Waals surface area contributed by atoms with Crippen LogP contribution in [0.15, 0.2) is 0 Å². The molecule has 1 rings (SSSR count). The molecule has 0 saturated heterocycles. The first kappa shape index (κ1) is 17.0. The van der Waals surface area contributed by atoms with Gasteiger partial charge in [0.1, 0.15) is 0 Å². The molecule has 1 fully saturated rings. The fourth-order valence-corrected chi connectivity index (χ4v) is 5.71. The second-order valence-electron chi connectivity index (χ2n) is 6.55. The van der Waals surface area contributed by atoms with Crippen molar-refractivity contribution in [2.24, 2.45) is 23.5 Å². The highest BCUT2D eigenvalue weighted by Crippen LogP contribution is 2.35. The van der Waals surface area contributed by atoms with Gasteiger partial charge in [0, 0.05) is 0 Å². The fourth-order valence-electron chi connectivity index (χ4n) is 3.21. The molecule has 3 unspecified atom stereocenters. The summed E-state index contributed by atoms with van der Waals surface area (Å²) in [6.45, 7) is 6.86. The molecule has 0 aromatic heterocycles. The average molecular weight is 289 g/mol. The molecule has 0 aromatic rings. The molecule has 1 aliphatic rings. The van der Waals surface area contributed by atoms with Gasteiger partial charge in [-0.05, 0) is 43.6 Å². The van der Waals surface area contributed by atoms with Crippen molar-refractivity contribution < 1.29 is 8.42 Å². The molecule has 1 saturated carbocycles. The van der Waals surface area contributed by atoms with E-state index in [1.807, 2.05) is 0 Å². The quantitative estimate of drug-likeness (QED) is 0.784. The van der Waals surface area contributed by atoms with Crippen LogP contribution in [0, 0.1) is 17.8 Å². The first-order valence-electron chi connectivity index (χ1n) is 7.82. The van der Waals surface area contributed by atoms with E-state index in [2.05, 4.69) is 20.8 Å². The van der Waals surface area contributed by atoms with Crippen LogP contribution in [0.2, 0.25) is 0 Å². The maximum atomic E-state index is 12.6. The van der Waals surface area contributed by atoms with E-state index in [0.29, 0.717) is 24.1 Å². The van der Waals surface area contributed by atoms with Crippen molar-refractivity contribution in [2.75, 3.05) is 12.3 Å². The predicted molar refractivity (Wildman–Crippen MR) is 81.8 cm³/mol. The zero-order chi connectivity index (χ0) is 14.5. The minimum Gasteiger partial charge on any atom is -0.330 e. The fraction of sp³-hybridized carbons (Fsp3) is 1.00. The van der Waals surface area contributed by atoms with Crippen molar-refractivity contribution in [1.29, 1.82) is 0 Å². The van der Waals surface area contributed by atoms with Gasteiger partial charge in [-0.1, -0.05) is 40.0 Å². The third kappa shape index (κ3) is 5.07. The number of hydrogen-bond donors (Lipinski definition) is 1. The lowest BCUT2D eigenvalue weighted by atomic mass is 9.80. The zero-order valence-corrected chi connectivity index (χ0v) is 13.6. The molecule has 0 heterocycles. The van der Waals surface area contributed by atoms with E-state index in [1.165, 1.54) is 0 Å². The number of sulfone groups is 1. The van der Waals surface area contributed by atoms with Crippen LogP contribution in [0.1, 0.15) is 59.3 Å². The third-order valence-electron chi connectivity index (χ3n) is 4.48. The summed E-state index contributed by atoms with van der Waals surface area (Å²) in [5.74, 6) is 1.56. The van der Waals surface area contributed by atoms with E-state index in [4.69, 9.17) is 5.73 Å². The van der Waals surface area contributed by atoms with Gasteiger partial charge in [-0.15, -0.1) is 0 Å². The number of hydrogen-bond acceptors (Lipinski definition) is 3. The Kier molecular flexibility index (Phi) is 6.81. The monoisotopic (exact) mass is 289 g/mol. The van der Waals surface area contributed by atoms with Crippen molar-refractivity contribution in [3.05, 3.63) is 0 Å². The molecule has 0 spiro atoms. The van der Waals surface area contributed by atoms with Crippen LogP contribution in [0.25, 0.3) is 0 Å². The van der Waals surface area contributed by atoms with Gasteiger partial charge in [0.05, 0.1) is 11.0 Å². The zero-order valence-electron chi connectivity index (χ0n) is 12.8. The van der Waals surface area contributed by atoms with Crippen molar-refractivity contribution in [3.8, 4) is 0 Å². The van der Waals surface area contributed by atoms with Gasteiger partial charge in [-0.25, -0.2) is 8.42 Å². The average Bonchev–Trinajstić information content (AvgIpc) is 2.37. The van der Waals surface area contributed by atoms with Crippen LogP contribution in [0.3, 0.4) is 0 Å². The summed E-state index contributed by atoms with van der Waals surface area (Å²) >= 11 is 0. The molecule has 0 amide bonds. The first-order valence-corrected chi connectivity index (χ1v) is 9.53. The van der Waals surface area contributed by atoms with Gasteiger partial charge in [0.2, 0.25) is 0 Å². The molecule has 2 N–H and O–H groups in total. The van der Waals surface area contributed by atoms with E-state index in [1.54, 1.807) is 0 Å². The molecule has 1 aliphatic carbocycles.